The molecule has 0 radical (unpaired) electrons. The molecular weight excluding hydrogens is 262 g/mol. The zero-order valence-electron chi connectivity index (χ0n) is 9.72. The first kappa shape index (κ1) is 11.7. The number of carbonyl (C=O) groups is 1. The molecule has 94 valence electrons. The van der Waals surface area contributed by atoms with Crippen LogP contribution in [0.3, 0.4) is 0 Å². The predicted octanol–water partition coefficient (Wildman–Crippen LogP) is 1.37. The van der Waals surface area contributed by atoms with Crippen LogP contribution in [0.15, 0.2) is 52.9 Å². The largest absolute Gasteiger partial charge is 0.366 e. The molecule has 0 spiro atoms. The van der Waals surface area contributed by atoms with Crippen LogP contribution in [0.4, 0.5) is 0 Å². The molecule has 0 aromatic carbocycles. The maximum atomic E-state index is 11.3. The summed E-state index contributed by atoms with van der Waals surface area (Å²) < 4.78 is 1.82. The molecule has 0 aliphatic heterocycles. The first-order valence-corrected chi connectivity index (χ1v) is 6.30. The van der Waals surface area contributed by atoms with Gasteiger partial charge in [0.15, 0.2) is 5.65 Å². The van der Waals surface area contributed by atoms with Gasteiger partial charge in [0.1, 0.15) is 5.03 Å². The third-order valence-electron chi connectivity index (χ3n) is 2.51. The summed E-state index contributed by atoms with van der Waals surface area (Å²) in [5.41, 5.74) is 6.43. The topological polar surface area (TPSA) is 86.2 Å². The Morgan fingerprint density at radius 2 is 2.11 bits per heavy atom. The van der Waals surface area contributed by atoms with Crippen LogP contribution >= 0.6 is 11.8 Å². The van der Waals surface area contributed by atoms with Gasteiger partial charge in [-0.1, -0.05) is 6.07 Å². The molecular formula is C12H9N5OS. The number of hydrogen-bond acceptors (Lipinski definition) is 5. The molecule has 7 heteroatoms. The van der Waals surface area contributed by atoms with Gasteiger partial charge in [-0.25, -0.2) is 4.98 Å². The Balaban J connectivity index is 2.04. The van der Waals surface area contributed by atoms with Crippen molar-refractivity contribution in [3.05, 3.63) is 48.3 Å². The number of amides is 1. The molecule has 1 amide bonds. The number of pyridine rings is 2. The fourth-order valence-electron chi connectivity index (χ4n) is 1.64. The van der Waals surface area contributed by atoms with Crippen LogP contribution in [0.2, 0.25) is 0 Å². The van der Waals surface area contributed by atoms with Crippen molar-refractivity contribution in [3.63, 3.8) is 0 Å². The average Bonchev–Trinajstić information content (AvgIpc) is 2.83. The summed E-state index contributed by atoms with van der Waals surface area (Å²) in [7, 11) is 0. The lowest BCUT2D eigenvalue weighted by molar-refractivity contribution is 0.0997. The van der Waals surface area contributed by atoms with E-state index in [1.54, 1.807) is 18.3 Å². The second-order valence-corrected chi connectivity index (χ2v) is 4.69. The predicted molar refractivity (Wildman–Crippen MR) is 69.9 cm³/mol. The minimum atomic E-state index is -0.510. The van der Waals surface area contributed by atoms with Gasteiger partial charge in [-0.15, -0.1) is 10.2 Å². The van der Waals surface area contributed by atoms with Crippen molar-refractivity contribution in [3.8, 4) is 0 Å². The number of carbonyl (C=O) groups excluding carboxylic acids is 1. The molecule has 19 heavy (non-hydrogen) atoms. The van der Waals surface area contributed by atoms with E-state index in [0.717, 1.165) is 5.65 Å². The molecule has 2 N–H and O–H groups in total. The van der Waals surface area contributed by atoms with Crippen LogP contribution in [0.1, 0.15) is 10.4 Å². The Hall–Kier alpha value is -2.41. The minimum Gasteiger partial charge on any atom is -0.366 e. The van der Waals surface area contributed by atoms with Gasteiger partial charge in [-0.3, -0.25) is 9.20 Å². The highest BCUT2D eigenvalue weighted by Gasteiger charge is 2.13. The Morgan fingerprint density at radius 3 is 2.95 bits per heavy atom. The summed E-state index contributed by atoms with van der Waals surface area (Å²) in [6, 6.07) is 8.93. The van der Waals surface area contributed by atoms with E-state index in [1.807, 2.05) is 28.8 Å². The molecule has 0 saturated heterocycles. The minimum absolute atomic E-state index is 0.375. The monoisotopic (exact) mass is 271 g/mol. The molecule has 3 heterocycles. The highest BCUT2D eigenvalue weighted by molar-refractivity contribution is 7.99. The summed E-state index contributed by atoms with van der Waals surface area (Å²) in [6.45, 7) is 0. The average molecular weight is 271 g/mol. The lowest BCUT2D eigenvalue weighted by Gasteiger charge is -2.03. The highest BCUT2D eigenvalue weighted by atomic mass is 32.2. The normalized spacial score (nSPS) is 10.7. The fraction of sp³-hybridized carbons (Fsp3) is 0. The smallest absolute Gasteiger partial charge is 0.251 e. The van der Waals surface area contributed by atoms with Gasteiger partial charge in [0.05, 0.1) is 5.56 Å². The van der Waals surface area contributed by atoms with Gasteiger partial charge >= 0.3 is 0 Å². The van der Waals surface area contributed by atoms with Crippen molar-refractivity contribution in [2.75, 3.05) is 0 Å². The molecule has 0 bridgehead atoms. The molecule has 6 nitrogen and oxygen atoms in total. The number of fused-ring (bicyclic) bond motifs is 1. The fourth-order valence-corrected chi connectivity index (χ4v) is 2.53. The Labute approximate surface area is 112 Å². The quantitative estimate of drug-likeness (QED) is 0.777. The van der Waals surface area contributed by atoms with Crippen molar-refractivity contribution in [2.45, 2.75) is 10.2 Å². The molecule has 0 atom stereocenters. The number of aromatic nitrogens is 4. The second-order valence-electron chi connectivity index (χ2n) is 3.73. The van der Waals surface area contributed by atoms with Crippen LogP contribution < -0.4 is 5.73 Å². The number of nitrogens with two attached hydrogens (primary N) is 1. The zero-order valence-corrected chi connectivity index (χ0v) is 10.5. The van der Waals surface area contributed by atoms with Crippen molar-refractivity contribution in [1.82, 2.24) is 19.6 Å². The van der Waals surface area contributed by atoms with E-state index < -0.39 is 5.91 Å². The third kappa shape index (κ3) is 2.15. The molecule has 0 unspecified atom stereocenters. The highest BCUT2D eigenvalue weighted by Crippen LogP contribution is 2.27. The zero-order chi connectivity index (χ0) is 13.2. The van der Waals surface area contributed by atoms with E-state index in [9.17, 15) is 4.79 Å². The summed E-state index contributed by atoms with van der Waals surface area (Å²) in [4.78, 5) is 15.5. The number of hydrogen-bond donors (Lipinski definition) is 1. The molecule has 3 rings (SSSR count). The van der Waals surface area contributed by atoms with Gasteiger partial charge in [0, 0.05) is 12.4 Å². The molecule has 0 aliphatic rings. The third-order valence-corrected chi connectivity index (χ3v) is 3.49. The first-order valence-electron chi connectivity index (χ1n) is 5.48. The first-order chi connectivity index (χ1) is 9.25. The van der Waals surface area contributed by atoms with Gasteiger partial charge in [-0.2, -0.15) is 0 Å². The molecule has 0 saturated carbocycles. The SMILES string of the molecule is NC(=O)c1cccnc1Sc1nnc2ccccn12. The number of rotatable bonds is 3. The van der Waals surface area contributed by atoms with Crippen molar-refractivity contribution >= 4 is 23.3 Å². The Morgan fingerprint density at radius 1 is 1.21 bits per heavy atom. The van der Waals surface area contributed by atoms with Crippen molar-refractivity contribution in [1.29, 1.82) is 0 Å². The van der Waals surface area contributed by atoms with E-state index in [2.05, 4.69) is 15.2 Å². The number of primary amides is 1. The lowest BCUT2D eigenvalue weighted by atomic mass is 10.3. The van der Waals surface area contributed by atoms with Gasteiger partial charge in [-0.05, 0) is 36.0 Å². The van der Waals surface area contributed by atoms with Crippen LogP contribution in [0.25, 0.3) is 5.65 Å². The Kier molecular flexibility index (Phi) is 2.88. The van der Waals surface area contributed by atoms with Crippen LogP contribution in [0.5, 0.6) is 0 Å². The van der Waals surface area contributed by atoms with Gasteiger partial charge in [0.2, 0.25) is 5.16 Å². The summed E-state index contributed by atoms with van der Waals surface area (Å²) in [5, 5.41) is 9.27. The molecule has 3 aromatic rings. The maximum absolute atomic E-state index is 11.3. The number of nitrogens with zero attached hydrogens (tertiary/aromatic N) is 4. The molecule has 3 aromatic heterocycles. The van der Waals surface area contributed by atoms with Crippen molar-refractivity contribution in [2.24, 2.45) is 5.73 Å². The maximum Gasteiger partial charge on any atom is 0.251 e. The second kappa shape index (κ2) is 4.69. The van der Waals surface area contributed by atoms with E-state index >= 15 is 0 Å². The molecule has 0 fully saturated rings. The summed E-state index contributed by atoms with van der Waals surface area (Å²) in [5.74, 6) is -0.510. The van der Waals surface area contributed by atoms with Crippen LogP contribution in [-0.2, 0) is 0 Å². The van der Waals surface area contributed by atoms with Crippen LogP contribution in [-0.4, -0.2) is 25.5 Å². The van der Waals surface area contributed by atoms with E-state index in [1.165, 1.54) is 11.8 Å². The van der Waals surface area contributed by atoms with Crippen molar-refractivity contribution < 1.29 is 4.79 Å². The summed E-state index contributed by atoms with van der Waals surface area (Å²) in [6.07, 6.45) is 3.46. The van der Waals surface area contributed by atoms with E-state index in [0.29, 0.717) is 15.7 Å². The van der Waals surface area contributed by atoms with Gasteiger partial charge < -0.3 is 5.73 Å². The standard InChI is InChI=1S/C12H9N5OS/c13-10(18)8-4-3-6-14-11(8)19-12-16-15-9-5-1-2-7-17(9)12/h1-7H,(H2,13,18). The van der Waals surface area contributed by atoms with Crippen LogP contribution in [0, 0.1) is 0 Å². The van der Waals surface area contributed by atoms with E-state index in [-0.39, 0.29) is 0 Å². The summed E-state index contributed by atoms with van der Waals surface area (Å²) >= 11 is 1.26. The lowest BCUT2D eigenvalue weighted by Crippen LogP contribution is -2.12. The molecule has 0 aliphatic carbocycles. The Bertz CT molecular complexity index is 754. The van der Waals surface area contributed by atoms with Gasteiger partial charge in [0.25, 0.3) is 5.91 Å². The van der Waals surface area contributed by atoms with E-state index in [4.69, 9.17) is 5.73 Å².